The summed E-state index contributed by atoms with van der Waals surface area (Å²) in [6.45, 7) is 6.75. The number of anilines is 1. The lowest BCUT2D eigenvalue weighted by Crippen LogP contribution is -2.68. The number of hydrazine groups is 1. The van der Waals surface area contributed by atoms with Crippen LogP contribution in [0.15, 0.2) is 48.5 Å². The van der Waals surface area contributed by atoms with E-state index in [-0.39, 0.29) is 30.8 Å². The maximum absolute atomic E-state index is 13.2. The summed E-state index contributed by atoms with van der Waals surface area (Å²) >= 11 is 0. The Morgan fingerprint density at radius 3 is 2.39 bits per heavy atom. The van der Waals surface area contributed by atoms with Crippen LogP contribution in [0.25, 0.3) is 0 Å². The SMILES string of the molecule is CC(C)N(C)c1cccc(CN(C=O)CC2N([C@H](C)Cc3ccc(O)cc3)C(=O)CN(C)N2C=O)c1. The Bertz CT molecular complexity index is 1040. The van der Waals surface area contributed by atoms with Crippen LogP contribution in [0.5, 0.6) is 5.75 Å². The zero-order chi connectivity index (χ0) is 26.4. The molecule has 1 fully saturated rings. The number of nitrogens with zero attached hydrogens (tertiary/aromatic N) is 5. The van der Waals surface area contributed by atoms with Gasteiger partial charge >= 0.3 is 0 Å². The molecule has 0 aromatic heterocycles. The topological polar surface area (TPSA) is 87.6 Å². The van der Waals surface area contributed by atoms with Gasteiger partial charge in [0.2, 0.25) is 18.7 Å². The standard InChI is InChI=1S/C27H37N5O4/c1-20(2)29(5)24-8-6-7-23(14-24)15-30(18-33)16-26-31(19-34)28(4)17-27(36)32(26)21(3)13-22-9-11-25(35)12-10-22/h6-12,14,18-21,26,35H,13,15-17H2,1-5H3/t21-,26?/m1/s1. The molecule has 0 spiro atoms. The Balaban J connectivity index is 1.83. The second-order valence-electron chi connectivity index (χ2n) is 9.71. The van der Waals surface area contributed by atoms with E-state index in [1.165, 1.54) is 5.01 Å². The molecular formula is C27H37N5O4. The fraction of sp³-hybridized carbons (Fsp3) is 0.444. The number of likely N-dealkylation sites (N-methyl/N-ethyl adjacent to an activating group) is 1. The zero-order valence-corrected chi connectivity index (χ0v) is 21.7. The number of phenols is 1. The van der Waals surface area contributed by atoms with E-state index >= 15 is 0 Å². The number of benzene rings is 2. The summed E-state index contributed by atoms with van der Waals surface area (Å²) in [5, 5.41) is 12.7. The Morgan fingerprint density at radius 1 is 1.08 bits per heavy atom. The third-order valence-corrected chi connectivity index (χ3v) is 6.75. The highest BCUT2D eigenvalue weighted by molar-refractivity contribution is 5.80. The maximum Gasteiger partial charge on any atom is 0.240 e. The average molecular weight is 496 g/mol. The summed E-state index contributed by atoms with van der Waals surface area (Å²) in [5.74, 6) is 0.0654. The second kappa shape index (κ2) is 11.9. The lowest BCUT2D eigenvalue weighted by molar-refractivity contribution is -0.183. The summed E-state index contributed by atoms with van der Waals surface area (Å²) in [4.78, 5) is 42.8. The van der Waals surface area contributed by atoms with Gasteiger partial charge in [-0.2, -0.15) is 0 Å². The first kappa shape index (κ1) is 27.0. The summed E-state index contributed by atoms with van der Waals surface area (Å²) in [5.41, 5.74) is 2.98. The number of hydrogen-bond acceptors (Lipinski definition) is 6. The molecule has 36 heavy (non-hydrogen) atoms. The van der Waals surface area contributed by atoms with E-state index in [1.54, 1.807) is 34.0 Å². The molecule has 1 aliphatic rings. The highest BCUT2D eigenvalue weighted by atomic mass is 16.3. The van der Waals surface area contributed by atoms with Crippen molar-refractivity contribution < 1.29 is 19.5 Å². The molecule has 0 saturated carbocycles. The summed E-state index contributed by atoms with van der Waals surface area (Å²) in [6, 6.07) is 15.0. The van der Waals surface area contributed by atoms with Gasteiger partial charge < -0.3 is 19.8 Å². The zero-order valence-electron chi connectivity index (χ0n) is 21.7. The van der Waals surface area contributed by atoms with E-state index in [2.05, 4.69) is 24.8 Å². The van der Waals surface area contributed by atoms with Crippen LogP contribution in [-0.2, 0) is 27.3 Å². The molecule has 0 aliphatic carbocycles. The molecule has 1 aliphatic heterocycles. The van der Waals surface area contributed by atoms with Gasteiger partial charge in [-0.25, -0.2) is 5.01 Å². The maximum atomic E-state index is 13.2. The van der Waals surface area contributed by atoms with Gasteiger partial charge in [-0.3, -0.25) is 19.4 Å². The van der Waals surface area contributed by atoms with Crippen molar-refractivity contribution in [3.63, 3.8) is 0 Å². The molecule has 0 radical (unpaired) electrons. The third-order valence-electron chi connectivity index (χ3n) is 6.75. The first-order valence-electron chi connectivity index (χ1n) is 12.2. The fourth-order valence-electron chi connectivity index (χ4n) is 4.58. The highest BCUT2D eigenvalue weighted by Gasteiger charge is 2.40. The molecule has 9 heteroatoms. The lowest BCUT2D eigenvalue weighted by Gasteiger charge is -2.49. The van der Waals surface area contributed by atoms with Crippen LogP contribution < -0.4 is 4.90 Å². The van der Waals surface area contributed by atoms with Crippen molar-refractivity contribution in [2.75, 3.05) is 32.1 Å². The predicted molar refractivity (Wildman–Crippen MR) is 139 cm³/mol. The number of carbonyl (C=O) groups is 3. The van der Waals surface area contributed by atoms with Crippen molar-refractivity contribution in [3.05, 3.63) is 59.7 Å². The molecule has 1 heterocycles. The van der Waals surface area contributed by atoms with Gasteiger partial charge in [-0.1, -0.05) is 24.3 Å². The normalized spacial score (nSPS) is 17.3. The van der Waals surface area contributed by atoms with Crippen molar-refractivity contribution >= 4 is 24.4 Å². The molecule has 2 atom stereocenters. The van der Waals surface area contributed by atoms with Crippen LogP contribution in [0.3, 0.4) is 0 Å². The van der Waals surface area contributed by atoms with Crippen LogP contribution in [-0.4, -0.2) is 89.1 Å². The van der Waals surface area contributed by atoms with Gasteiger partial charge in [0.05, 0.1) is 13.1 Å². The van der Waals surface area contributed by atoms with Gasteiger partial charge in [0, 0.05) is 38.4 Å². The van der Waals surface area contributed by atoms with E-state index in [4.69, 9.17) is 0 Å². The fourth-order valence-corrected chi connectivity index (χ4v) is 4.58. The summed E-state index contributed by atoms with van der Waals surface area (Å²) < 4.78 is 0. The molecule has 1 saturated heterocycles. The molecule has 3 rings (SSSR count). The van der Waals surface area contributed by atoms with Crippen molar-refractivity contribution in [3.8, 4) is 5.75 Å². The number of amides is 3. The molecule has 194 valence electrons. The van der Waals surface area contributed by atoms with Crippen molar-refractivity contribution in [1.82, 2.24) is 19.8 Å². The van der Waals surface area contributed by atoms with E-state index in [9.17, 15) is 19.5 Å². The van der Waals surface area contributed by atoms with Crippen LogP contribution in [0.4, 0.5) is 5.69 Å². The summed E-state index contributed by atoms with van der Waals surface area (Å²) in [6.07, 6.45) is 1.37. The van der Waals surface area contributed by atoms with Gasteiger partial charge in [-0.15, -0.1) is 0 Å². The van der Waals surface area contributed by atoms with Crippen molar-refractivity contribution in [2.45, 2.75) is 52.0 Å². The third kappa shape index (κ3) is 6.34. The first-order valence-corrected chi connectivity index (χ1v) is 12.2. The van der Waals surface area contributed by atoms with E-state index < -0.39 is 6.17 Å². The van der Waals surface area contributed by atoms with E-state index in [0.717, 1.165) is 23.2 Å². The number of carbonyl (C=O) groups excluding carboxylic acids is 3. The minimum absolute atomic E-state index is 0.0693. The van der Waals surface area contributed by atoms with E-state index in [0.29, 0.717) is 25.4 Å². The molecule has 0 bridgehead atoms. The average Bonchev–Trinajstić information content (AvgIpc) is 2.84. The van der Waals surface area contributed by atoms with Crippen LogP contribution in [0.1, 0.15) is 31.9 Å². The molecule has 1 N–H and O–H groups in total. The van der Waals surface area contributed by atoms with Crippen molar-refractivity contribution in [1.29, 1.82) is 0 Å². The Labute approximate surface area is 213 Å². The molecule has 3 amide bonds. The van der Waals surface area contributed by atoms with Gasteiger partial charge in [-0.05, 0) is 62.6 Å². The van der Waals surface area contributed by atoms with Gasteiger partial charge in [0.15, 0.2) is 0 Å². The van der Waals surface area contributed by atoms with Gasteiger partial charge in [0.25, 0.3) is 0 Å². The van der Waals surface area contributed by atoms with Crippen LogP contribution in [0.2, 0.25) is 0 Å². The Kier molecular flexibility index (Phi) is 8.93. The largest absolute Gasteiger partial charge is 0.508 e. The first-order chi connectivity index (χ1) is 17.1. The Morgan fingerprint density at radius 2 is 1.78 bits per heavy atom. The second-order valence-corrected chi connectivity index (χ2v) is 9.71. The number of aromatic hydroxyl groups is 1. The predicted octanol–water partition coefficient (Wildman–Crippen LogP) is 2.30. The number of phenolic OH excluding ortho intramolecular Hbond substituents is 1. The van der Waals surface area contributed by atoms with E-state index in [1.807, 2.05) is 44.3 Å². The highest BCUT2D eigenvalue weighted by Crippen LogP contribution is 2.23. The minimum Gasteiger partial charge on any atom is -0.508 e. The molecule has 2 aromatic rings. The summed E-state index contributed by atoms with van der Waals surface area (Å²) in [7, 11) is 3.72. The number of rotatable bonds is 11. The molecule has 1 unspecified atom stereocenters. The van der Waals surface area contributed by atoms with Crippen LogP contribution >= 0.6 is 0 Å². The smallest absolute Gasteiger partial charge is 0.240 e. The minimum atomic E-state index is -0.646. The van der Waals surface area contributed by atoms with Crippen LogP contribution in [0, 0.1) is 0 Å². The molecule has 9 nitrogen and oxygen atoms in total. The Hall–Kier alpha value is -3.59. The number of hydrogen-bond donors (Lipinski definition) is 1. The van der Waals surface area contributed by atoms with Crippen molar-refractivity contribution in [2.24, 2.45) is 0 Å². The molecule has 2 aromatic carbocycles. The van der Waals surface area contributed by atoms with Gasteiger partial charge in [0.1, 0.15) is 11.9 Å². The lowest BCUT2D eigenvalue weighted by atomic mass is 10.0. The monoisotopic (exact) mass is 495 g/mol. The molecular weight excluding hydrogens is 458 g/mol. The quantitative estimate of drug-likeness (QED) is 0.482.